The summed E-state index contributed by atoms with van der Waals surface area (Å²) in [5.41, 5.74) is 2.30. The van der Waals surface area contributed by atoms with Crippen LogP contribution in [0.25, 0.3) is 10.9 Å². The van der Waals surface area contributed by atoms with Crippen LogP contribution >= 0.6 is 0 Å². The van der Waals surface area contributed by atoms with Crippen LogP contribution in [0, 0.1) is 0 Å². The highest BCUT2D eigenvalue weighted by molar-refractivity contribution is 6.06. The number of morpholine rings is 1. The van der Waals surface area contributed by atoms with E-state index in [0.717, 1.165) is 5.39 Å². The number of benzene rings is 1. The smallest absolute Gasteiger partial charge is 0.257 e. The fourth-order valence-corrected chi connectivity index (χ4v) is 3.72. The van der Waals surface area contributed by atoms with E-state index in [9.17, 15) is 14.7 Å². The number of ether oxygens (including phenoxy) is 1. The molecular weight excluding hydrogens is 398 g/mol. The monoisotopic (exact) mass is 423 g/mol. The highest BCUT2D eigenvalue weighted by atomic mass is 16.5. The number of carbonyl (C=O) groups excluding carboxylic acids is 2. The minimum atomic E-state index is -0.450. The Morgan fingerprint density at radius 2 is 2.13 bits per heavy atom. The van der Waals surface area contributed by atoms with Gasteiger partial charge in [0.1, 0.15) is 6.10 Å². The molecule has 0 bridgehead atoms. The van der Waals surface area contributed by atoms with Gasteiger partial charge in [0.25, 0.3) is 11.8 Å². The van der Waals surface area contributed by atoms with Crippen LogP contribution in [0.15, 0.2) is 42.7 Å². The molecule has 9 heteroatoms. The Hall–Kier alpha value is -3.30. The third-order valence-electron chi connectivity index (χ3n) is 5.38. The molecular formula is C22H25N5O4. The van der Waals surface area contributed by atoms with Gasteiger partial charge >= 0.3 is 0 Å². The van der Waals surface area contributed by atoms with E-state index >= 15 is 0 Å². The first kappa shape index (κ1) is 21.0. The Balaban J connectivity index is 1.65. The third kappa shape index (κ3) is 4.28. The highest BCUT2D eigenvalue weighted by Crippen LogP contribution is 2.27. The zero-order chi connectivity index (χ0) is 22.0. The van der Waals surface area contributed by atoms with E-state index in [2.05, 4.69) is 5.10 Å². The van der Waals surface area contributed by atoms with E-state index in [-0.39, 0.29) is 25.0 Å². The molecule has 3 heterocycles. The van der Waals surface area contributed by atoms with Crippen LogP contribution in [0.2, 0.25) is 0 Å². The average Bonchev–Trinajstić information content (AvgIpc) is 3.23. The van der Waals surface area contributed by atoms with Crippen molar-refractivity contribution in [3.63, 3.8) is 0 Å². The molecule has 0 aliphatic carbocycles. The van der Waals surface area contributed by atoms with Crippen LogP contribution in [0.4, 0.5) is 0 Å². The molecule has 1 saturated heterocycles. The van der Waals surface area contributed by atoms with Crippen molar-refractivity contribution in [3.8, 4) is 0 Å². The molecule has 2 aromatic heterocycles. The fourth-order valence-electron chi connectivity index (χ4n) is 3.72. The number of pyridine rings is 1. The van der Waals surface area contributed by atoms with Gasteiger partial charge in [0.15, 0.2) is 0 Å². The summed E-state index contributed by atoms with van der Waals surface area (Å²) < 4.78 is 7.53. The normalized spacial score (nSPS) is 16.5. The Kier molecular flexibility index (Phi) is 5.97. The van der Waals surface area contributed by atoms with Crippen LogP contribution in [-0.4, -0.2) is 81.4 Å². The van der Waals surface area contributed by atoms with Crippen LogP contribution in [0.3, 0.4) is 0 Å². The summed E-state index contributed by atoms with van der Waals surface area (Å²) in [5.74, 6) is -0.311. The van der Waals surface area contributed by atoms with Gasteiger partial charge in [-0.15, -0.1) is 0 Å². The van der Waals surface area contributed by atoms with Crippen molar-refractivity contribution in [2.45, 2.75) is 6.10 Å². The molecule has 9 nitrogen and oxygen atoms in total. The molecule has 1 aliphatic heterocycles. The minimum Gasteiger partial charge on any atom is -0.395 e. The van der Waals surface area contributed by atoms with Gasteiger partial charge in [0, 0.05) is 38.8 Å². The maximum atomic E-state index is 13.0. The number of para-hydroxylation sites is 1. The number of likely N-dealkylation sites (N-methyl/N-ethyl adjacent to an activating group) is 1. The molecule has 162 valence electrons. The topological polar surface area (TPSA) is 101 Å². The van der Waals surface area contributed by atoms with Gasteiger partial charge < -0.3 is 19.6 Å². The van der Waals surface area contributed by atoms with E-state index < -0.39 is 6.10 Å². The second kappa shape index (κ2) is 8.83. The van der Waals surface area contributed by atoms with Crippen molar-refractivity contribution in [1.82, 2.24) is 24.6 Å². The number of aliphatic hydroxyl groups excluding tert-OH is 1. The second-order valence-corrected chi connectivity index (χ2v) is 7.58. The molecule has 2 amide bonds. The lowest BCUT2D eigenvalue weighted by Gasteiger charge is -2.32. The molecule has 4 rings (SSSR count). The molecule has 0 saturated carbocycles. The second-order valence-electron chi connectivity index (χ2n) is 7.58. The first-order valence-electron chi connectivity index (χ1n) is 10.1. The van der Waals surface area contributed by atoms with Gasteiger partial charge in [0.05, 0.1) is 48.3 Å². The number of amides is 2. The van der Waals surface area contributed by atoms with Crippen molar-refractivity contribution in [3.05, 3.63) is 59.5 Å². The fraction of sp³-hybridized carbons (Fsp3) is 0.364. The lowest BCUT2D eigenvalue weighted by molar-refractivity contribution is -0.0246. The van der Waals surface area contributed by atoms with E-state index in [1.807, 2.05) is 24.3 Å². The zero-order valence-electron chi connectivity index (χ0n) is 17.6. The highest BCUT2D eigenvalue weighted by Gasteiger charge is 2.29. The molecule has 1 fully saturated rings. The molecule has 3 aromatic rings. The van der Waals surface area contributed by atoms with E-state index in [1.165, 1.54) is 4.90 Å². The lowest BCUT2D eigenvalue weighted by Crippen LogP contribution is -2.42. The summed E-state index contributed by atoms with van der Waals surface area (Å²) in [6.45, 7) is 1.30. The summed E-state index contributed by atoms with van der Waals surface area (Å²) in [5, 5.41) is 14.0. The summed E-state index contributed by atoms with van der Waals surface area (Å²) in [6.07, 6.45) is 2.79. The Morgan fingerprint density at radius 3 is 2.87 bits per heavy atom. The zero-order valence-corrected chi connectivity index (χ0v) is 17.6. The van der Waals surface area contributed by atoms with Crippen molar-refractivity contribution in [2.75, 3.05) is 39.9 Å². The predicted molar refractivity (Wildman–Crippen MR) is 114 cm³/mol. The number of carbonyl (C=O) groups is 2. The van der Waals surface area contributed by atoms with Crippen molar-refractivity contribution in [2.24, 2.45) is 7.05 Å². The number of aryl methyl sites for hydroxylation is 1. The van der Waals surface area contributed by atoms with E-state index in [1.54, 1.807) is 42.1 Å². The molecule has 31 heavy (non-hydrogen) atoms. The van der Waals surface area contributed by atoms with Crippen molar-refractivity contribution < 1.29 is 19.4 Å². The molecule has 1 atom stereocenters. The average molecular weight is 423 g/mol. The minimum absolute atomic E-state index is 0.110. The van der Waals surface area contributed by atoms with Gasteiger partial charge in [-0.3, -0.25) is 14.3 Å². The van der Waals surface area contributed by atoms with E-state index in [0.29, 0.717) is 42.0 Å². The predicted octanol–water partition coefficient (Wildman–Crippen LogP) is 1.25. The Morgan fingerprint density at radius 1 is 1.32 bits per heavy atom. The molecule has 1 N–H and O–H groups in total. The number of rotatable bonds is 5. The van der Waals surface area contributed by atoms with E-state index in [4.69, 9.17) is 9.72 Å². The summed E-state index contributed by atoms with van der Waals surface area (Å²) in [7, 11) is 3.42. The Bertz CT molecular complexity index is 1110. The molecule has 1 aliphatic rings. The van der Waals surface area contributed by atoms with Crippen LogP contribution < -0.4 is 0 Å². The Labute approximate surface area is 179 Å². The standard InChI is InChI=1S/C22H25N5O4/c1-25(7-9-28)22(30)17-11-19(24-18-6-4-3-5-16(17)18)20-14-27(8-10-31-20)21(29)15-12-23-26(2)13-15/h3-6,11-13,20,28H,7-10,14H2,1-2H3/t20-/m0/s1. The maximum Gasteiger partial charge on any atom is 0.257 e. The first-order valence-corrected chi connectivity index (χ1v) is 10.1. The van der Waals surface area contributed by atoms with Crippen molar-refractivity contribution >= 4 is 22.7 Å². The SMILES string of the molecule is CN(CCO)C(=O)c1cc([C@@H]2CN(C(=O)c3cnn(C)c3)CCO2)nc2ccccc12. The summed E-state index contributed by atoms with van der Waals surface area (Å²) >= 11 is 0. The van der Waals surface area contributed by atoms with Gasteiger partial charge in [-0.2, -0.15) is 5.10 Å². The van der Waals surface area contributed by atoms with Gasteiger partial charge in [0.2, 0.25) is 0 Å². The number of hydrogen-bond acceptors (Lipinski definition) is 6. The molecule has 0 unspecified atom stereocenters. The number of fused-ring (bicyclic) bond motifs is 1. The van der Waals surface area contributed by atoms with Gasteiger partial charge in [-0.05, 0) is 12.1 Å². The van der Waals surface area contributed by atoms with Crippen molar-refractivity contribution in [1.29, 1.82) is 0 Å². The number of hydrogen-bond donors (Lipinski definition) is 1. The number of aromatic nitrogens is 3. The molecule has 0 radical (unpaired) electrons. The maximum absolute atomic E-state index is 13.0. The number of nitrogens with zero attached hydrogens (tertiary/aromatic N) is 5. The largest absolute Gasteiger partial charge is 0.395 e. The summed E-state index contributed by atoms with van der Waals surface area (Å²) in [6, 6.07) is 9.17. The molecule has 1 aromatic carbocycles. The lowest BCUT2D eigenvalue weighted by atomic mass is 10.0. The van der Waals surface area contributed by atoms with Gasteiger partial charge in [-0.25, -0.2) is 4.98 Å². The third-order valence-corrected chi connectivity index (χ3v) is 5.38. The first-order chi connectivity index (χ1) is 15.0. The quantitative estimate of drug-likeness (QED) is 0.663. The van der Waals surface area contributed by atoms with Crippen LogP contribution in [0.5, 0.6) is 0 Å². The molecule has 0 spiro atoms. The van der Waals surface area contributed by atoms with Gasteiger partial charge in [-0.1, -0.05) is 18.2 Å². The number of aliphatic hydroxyl groups is 1. The van der Waals surface area contributed by atoms with Crippen LogP contribution in [0.1, 0.15) is 32.5 Å². The summed E-state index contributed by atoms with van der Waals surface area (Å²) in [4.78, 5) is 33.8. The van der Waals surface area contributed by atoms with Crippen LogP contribution in [-0.2, 0) is 11.8 Å².